The molecule has 2 heterocycles. The zero-order chi connectivity index (χ0) is 15.4. The van der Waals surface area contributed by atoms with E-state index < -0.39 is 6.10 Å². The van der Waals surface area contributed by atoms with E-state index in [-0.39, 0.29) is 5.91 Å². The number of nitrogens with one attached hydrogen (secondary N) is 1. The highest BCUT2D eigenvalue weighted by atomic mass is 35.5. The molecule has 22 heavy (non-hydrogen) atoms. The molecular weight excluding hydrogens is 302 g/mol. The van der Waals surface area contributed by atoms with Crippen LogP contribution in [0.1, 0.15) is 17.5 Å². The number of oxime groups is 1. The van der Waals surface area contributed by atoms with Crippen molar-refractivity contribution in [3.8, 4) is 0 Å². The minimum atomic E-state index is -0.595. The standard InChI is InChI=1S/C16H14ClN3O2/c17-13-5-3-12(4-6-13)14-8-15(22-20-14)16(21)19-10-11-2-1-7-18-9-11/h1-7,9,15H,8,10H2,(H,19,21)/t15-/m1/s1. The molecule has 0 saturated carbocycles. The Morgan fingerprint density at radius 3 is 2.86 bits per heavy atom. The Balaban J connectivity index is 1.55. The molecule has 1 N–H and O–H groups in total. The van der Waals surface area contributed by atoms with E-state index in [9.17, 15) is 4.79 Å². The molecule has 1 aromatic heterocycles. The van der Waals surface area contributed by atoms with Crippen molar-refractivity contribution in [1.82, 2.24) is 10.3 Å². The maximum atomic E-state index is 12.1. The molecule has 1 amide bonds. The van der Waals surface area contributed by atoms with E-state index >= 15 is 0 Å². The molecule has 0 radical (unpaired) electrons. The molecule has 0 aliphatic carbocycles. The fraction of sp³-hybridized carbons (Fsp3) is 0.188. The molecule has 1 aliphatic rings. The van der Waals surface area contributed by atoms with Gasteiger partial charge in [-0.1, -0.05) is 35.0 Å². The van der Waals surface area contributed by atoms with Gasteiger partial charge in [0.2, 0.25) is 6.10 Å². The van der Waals surface area contributed by atoms with Gasteiger partial charge in [0.05, 0.1) is 5.71 Å². The number of aromatic nitrogens is 1. The van der Waals surface area contributed by atoms with E-state index in [2.05, 4.69) is 15.5 Å². The van der Waals surface area contributed by atoms with Gasteiger partial charge >= 0.3 is 0 Å². The third-order valence-electron chi connectivity index (χ3n) is 3.33. The summed E-state index contributed by atoms with van der Waals surface area (Å²) < 4.78 is 0. The van der Waals surface area contributed by atoms with Crippen LogP contribution in [0.5, 0.6) is 0 Å². The first kappa shape index (κ1) is 14.5. The summed E-state index contributed by atoms with van der Waals surface area (Å²) in [7, 11) is 0. The van der Waals surface area contributed by atoms with Crippen LogP contribution in [-0.4, -0.2) is 22.7 Å². The van der Waals surface area contributed by atoms with Gasteiger partial charge in [-0.15, -0.1) is 0 Å². The van der Waals surface area contributed by atoms with Crippen LogP contribution in [0.2, 0.25) is 5.02 Å². The third-order valence-corrected chi connectivity index (χ3v) is 3.58. The number of rotatable bonds is 4. The monoisotopic (exact) mass is 315 g/mol. The molecule has 0 saturated heterocycles. The smallest absolute Gasteiger partial charge is 0.264 e. The average molecular weight is 316 g/mol. The van der Waals surface area contributed by atoms with Gasteiger partial charge < -0.3 is 10.2 Å². The van der Waals surface area contributed by atoms with Crippen LogP contribution in [0, 0.1) is 0 Å². The van der Waals surface area contributed by atoms with Crippen LogP contribution in [0.15, 0.2) is 53.9 Å². The predicted molar refractivity (Wildman–Crippen MR) is 83.6 cm³/mol. The summed E-state index contributed by atoms with van der Waals surface area (Å²) in [4.78, 5) is 21.3. The van der Waals surface area contributed by atoms with Gasteiger partial charge in [0.15, 0.2) is 0 Å². The van der Waals surface area contributed by atoms with Crippen LogP contribution in [0.3, 0.4) is 0 Å². The third kappa shape index (κ3) is 3.43. The first-order chi connectivity index (χ1) is 10.7. The highest BCUT2D eigenvalue weighted by Gasteiger charge is 2.28. The molecule has 2 aromatic rings. The lowest BCUT2D eigenvalue weighted by Gasteiger charge is -2.09. The number of halogens is 1. The van der Waals surface area contributed by atoms with E-state index in [0.717, 1.165) is 16.8 Å². The molecule has 0 unspecified atom stereocenters. The summed E-state index contributed by atoms with van der Waals surface area (Å²) in [6, 6.07) is 11.0. The van der Waals surface area contributed by atoms with E-state index in [4.69, 9.17) is 16.4 Å². The molecule has 0 bridgehead atoms. The molecule has 1 aliphatic heterocycles. The minimum absolute atomic E-state index is 0.184. The van der Waals surface area contributed by atoms with Crippen molar-refractivity contribution in [2.24, 2.45) is 5.16 Å². The van der Waals surface area contributed by atoms with E-state index in [0.29, 0.717) is 18.0 Å². The van der Waals surface area contributed by atoms with Crippen molar-refractivity contribution >= 4 is 23.2 Å². The first-order valence-corrected chi connectivity index (χ1v) is 7.25. The van der Waals surface area contributed by atoms with Gasteiger partial charge in [0.1, 0.15) is 0 Å². The topological polar surface area (TPSA) is 63.6 Å². The van der Waals surface area contributed by atoms with Gasteiger partial charge in [-0.25, -0.2) is 0 Å². The van der Waals surface area contributed by atoms with Crippen LogP contribution >= 0.6 is 11.6 Å². The number of nitrogens with zero attached hydrogens (tertiary/aromatic N) is 2. The number of hydrogen-bond donors (Lipinski definition) is 1. The van der Waals surface area contributed by atoms with Crippen LogP contribution < -0.4 is 5.32 Å². The molecule has 1 atom stereocenters. The second-order valence-corrected chi connectivity index (χ2v) is 5.36. The normalized spacial score (nSPS) is 16.8. The number of carbonyl (C=O) groups excluding carboxylic acids is 1. The highest BCUT2D eigenvalue weighted by Crippen LogP contribution is 2.18. The molecule has 1 aromatic carbocycles. The van der Waals surface area contributed by atoms with Gasteiger partial charge in [-0.05, 0) is 29.3 Å². The Morgan fingerprint density at radius 2 is 2.14 bits per heavy atom. The van der Waals surface area contributed by atoms with Crippen molar-refractivity contribution in [2.75, 3.05) is 0 Å². The molecule has 0 spiro atoms. The Labute approximate surface area is 133 Å². The lowest BCUT2D eigenvalue weighted by molar-refractivity contribution is -0.131. The van der Waals surface area contributed by atoms with Gasteiger partial charge in [-0.3, -0.25) is 9.78 Å². The SMILES string of the molecule is O=C(NCc1cccnc1)[C@H]1CC(c2ccc(Cl)cc2)=NO1. The van der Waals surface area contributed by atoms with E-state index in [1.807, 2.05) is 24.3 Å². The summed E-state index contributed by atoms with van der Waals surface area (Å²) in [5.74, 6) is -0.184. The molecular formula is C16H14ClN3O2. The van der Waals surface area contributed by atoms with Crippen molar-refractivity contribution in [2.45, 2.75) is 19.1 Å². The minimum Gasteiger partial charge on any atom is -0.382 e. The number of pyridine rings is 1. The van der Waals surface area contributed by atoms with Crippen molar-refractivity contribution in [1.29, 1.82) is 0 Å². The van der Waals surface area contributed by atoms with Crippen LogP contribution in [-0.2, 0) is 16.2 Å². The van der Waals surface area contributed by atoms with Gasteiger partial charge in [0, 0.05) is 30.4 Å². The summed E-state index contributed by atoms with van der Waals surface area (Å²) in [6.07, 6.45) is 3.26. The lowest BCUT2D eigenvalue weighted by atomic mass is 10.0. The second kappa shape index (κ2) is 6.58. The Kier molecular flexibility index (Phi) is 4.34. The summed E-state index contributed by atoms with van der Waals surface area (Å²) in [5.41, 5.74) is 2.60. The highest BCUT2D eigenvalue weighted by molar-refractivity contribution is 6.30. The molecule has 5 nitrogen and oxygen atoms in total. The average Bonchev–Trinajstić information content (AvgIpc) is 3.04. The zero-order valence-corrected chi connectivity index (χ0v) is 12.5. The predicted octanol–water partition coefficient (Wildman–Crippen LogP) is 2.54. The van der Waals surface area contributed by atoms with Crippen molar-refractivity contribution < 1.29 is 9.63 Å². The molecule has 0 fully saturated rings. The largest absolute Gasteiger partial charge is 0.382 e. The van der Waals surface area contributed by atoms with Crippen LogP contribution in [0.25, 0.3) is 0 Å². The fourth-order valence-electron chi connectivity index (χ4n) is 2.14. The van der Waals surface area contributed by atoms with Crippen molar-refractivity contribution in [3.05, 3.63) is 64.9 Å². The summed E-state index contributed by atoms with van der Waals surface area (Å²) >= 11 is 5.86. The Morgan fingerprint density at radius 1 is 1.32 bits per heavy atom. The van der Waals surface area contributed by atoms with Crippen LogP contribution in [0.4, 0.5) is 0 Å². The van der Waals surface area contributed by atoms with E-state index in [1.54, 1.807) is 24.5 Å². The van der Waals surface area contributed by atoms with Gasteiger partial charge in [-0.2, -0.15) is 0 Å². The lowest BCUT2D eigenvalue weighted by Crippen LogP contribution is -2.34. The molecule has 112 valence electrons. The van der Waals surface area contributed by atoms with Crippen molar-refractivity contribution in [3.63, 3.8) is 0 Å². The molecule has 3 rings (SSSR count). The maximum Gasteiger partial charge on any atom is 0.264 e. The quantitative estimate of drug-likeness (QED) is 0.943. The summed E-state index contributed by atoms with van der Waals surface area (Å²) in [6.45, 7) is 0.419. The van der Waals surface area contributed by atoms with E-state index in [1.165, 1.54) is 0 Å². The molecule has 6 heteroatoms. The summed E-state index contributed by atoms with van der Waals surface area (Å²) in [5, 5.41) is 7.48. The first-order valence-electron chi connectivity index (χ1n) is 6.87. The zero-order valence-electron chi connectivity index (χ0n) is 11.7. The Hall–Kier alpha value is -2.40. The number of hydrogen-bond acceptors (Lipinski definition) is 4. The number of carbonyl (C=O) groups is 1. The fourth-order valence-corrected chi connectivity index (χ4v) is 2.26. The Bertz CT molecular complexity index is 686. The maximum absolute atomic E-state index is 12.1. The van der Waals surface area contributed by atoms with Gasteiger partial charge in [0.25, 0.3) is 5.91 Å². The number of benzene rings is 1. The number of amides is 1. The second-order valence-electron chi connectivity index (χ2n) is 4.92.